The third-order valence-electron chi connectivity index (χ3n) is 2.73. The highest BCUT2D eigenvalue weighted by molar-refractivity contribution is 9.10. The van der Waals surface area contributed by atoms with Crippen LogP contribution in [0.2, 0.25) is 0 Å². The van der Waals surface area contributed by atoms with E-state index in [0.717, 1.165) is 27.4 Å². The van der Waals surface area contributed by atoms with Crippen LogP contribution in [0.4, 0.5) is 0 Å². The lowest BCUT2D eigenvalue weighted by Crippen LogP contribution is -2.23. The average Bonchev–Trinajstić information content (AvgIpc) is 2.64. The highest BCUT2D eigenvalue weighted by Gasteiger charge is 2.13. The van der Waals surface area contributed by atoms with Gasteiger partial charge in [-0.15, -0.1) is 0 Å². The maximum Gasteiger partial charge on any atom is 0.253 e. The molecule has 90 valence electrons. The van der Waals surface area contributed by atoms with Gasteiger partial charge in [-0.05, 0) is 18.6 Å². The van der Waals surface area contributed by atoms with E-state index >= 15 is 0 Å². The van der Waals surface area contributed by atoms with Crippen LogP contribution in [-0.4, -0.2) is 17.0 Å². The van der Waals surface area contributed by atoms with Gasteiger partial charge in [-0.3, -0.25) is 4.79 Å². The zero-order chi connectivity index (χ0) is 12.4. The molecule has 0 spiro atoms. The Morgan fingerprint density at radius 1 is 1.47 bits per heavy atom. The molecule has 0 fully saturated rings. The summed E-state index contributed by atoms with van der Waals surface area (Å²) in [6.45, 7) is 2.76. The quantitative estimate of drug-likeness (QED) is 0.927. The van der Waals surface area contributed by atoms with E-state index in [4.69, 9.17) is 0 Å². The van der Waals surface area contributed by atoms with Crippen LogP contribution in [0.3, 0.4) is 0 Å². The van der Waals surface area contributed by atoms with Gasteiger partial charge in [0.2, 0.25) is 0 Å². The summed E-state index contributed by atoms with van der Waals surface area (Å²) in [5.74, 6) is -0.000211. The number of hydrogen-bond acceptors (Lipinski definition) is 1. The number of aromatic nitrogens is 1. The molecule has 2 aromatic rings. The summed E-state index contributed by atoms with van der Waals surface area (Å²) in [5, 5.41) is 3.89. The molecule has 0 aliphatic rings. The Morgan fingerprint density at radius 3 is 2.94 bits per heavy atom. The summed E-state index contributed by atoms with van der Waals surface area (Å²) < 4.78 is 2.99. The summed E-state index contributed by atoms with van der Waals surface area (Å²) >= 11 is 3.44. The number of halogens is 1. The highest BCUT2D eigenvalue weighted by Crippen LogP contribution is 2.24. The van der Waals surface area contributed by atoms with Crippen LogP contribution in [0.5, 0.6) is 0 Å². The molecule has 17 heavy (non-hydrogen) atoms. The van der Waals surface area contributed by atoms with Gasteiger partial charge in [-0.2, -0.15) is 0 Å². The molecule has 0 unspecified atom stereocenters. The fraction of sp³-hybridized carbons (Fsp3) is 0.308. The normalized spacial score (nSPS) is 10.8. The Labute approximate surface area is 109 Å². The SMILES string of the molecule is CCCNC(=O)c1cn(C)c2cc(Br)ccc12. The topological polar surface area (TPSA) is 34.0 Å². The number of nitrogens with zero attached hydrogens (tertiary/aromatic N) is 1. The Morgan fingerprint density at radius 2 is 2.24 bits per heavy atom. The molecule has 0 saturated carbocycles. The molecule has 1 N–H and O–H groups in total. The first-order valence-electron chi connectivity index (χ1n) is 5.66. The van der Waals surface area contributed by atoms with E-state index in [1.54, 1.807) is 0 Å². The van der Waals surface area contributed by atoms with Gasteiger partial charge in [0, 0.05) is 35.2 Å². The first-order chi connectivity index (χ1) is 8.13. The molecule has 0 atom stereocenters. The molecule has 1 aromatic heterocycles. The maximum atomic E-state index is 12.0. The van der Waals surface area contributed by atoms with Crippen LogP contribution < -0.4 is 5.32 Å². The molecule has 0 radical (unpaired) electrons. The number of carbonyl (C=O) groups excluding carboxylic acids is 1. The van der Waals surface area contributed by atoms with Crippen molar-refractivity contribution in [3.8, 4) is 0 Å². The van der Waals surface area contributed by atoms with Crippen LogP contribution in [0, 0.1) is 0 Å². The number of benzene rings is 1. The van der Waals surface area contributed by atoms with Crippen molar-refractivity contribution in [1.29, 1.82) is 0 Å². The molecule has 1 amide bonds. The van der Waals surface area contributed by atoms with Crippen LogP contribution in [0.25, 0.3) is 10.9 Å². The molecule has 1 aromatic carbocycles. The minimum absolute atomic E-state index is 0.000211. The Hall–Kier alpha value is -1.29. The Bertz CT molecular complexity index is 560. The highest BCUT2D eigenvalue weighted by atomic mass is 79.9. The molecule has 0 aliphatic carbocycles. The number of fused-ring (bicyclic) bond motifs is 1. The Kier molecular flexibility index (Phi) is 3.52. The lowest BCUT2D eigenvalue weighted by molar-refractivity contribution is 0.0955. The molecule has 3 nitrogen and oxygen atoms in total. The fourth-order valence-electron chi connectivity index (χ4n) is 1.87. The molecule has 0 bridgehead atoms. The molecular weight excluding hydrogens is 280 g/mol. The summed E-state index contributed by atoms with van der Waals surface area (Å²) in [6.07, 6.45) is 2.82. The number of aryl methyl sites for hydroxylation is 1. The van der Waals surface area contributed by atoms with Gasteiger partial charge < -0.3 is 9.88 Å². The monoisotopic (exact) mass is 294 g/mol. The van der Waals surface area contributed by atoms with Gasteiger partial charge >= 0.3 is 0 Å². The number of carbonyl (C=O) groups is 1. The van der Waals surface area contributed by atoms with E-state index in [2.05, 4.69) is 21.2 Å². The third kappa shape index (κ3) is 2.36. The van der Waals surface area contributed by atoms with Crippen LogP contribution in [0.1, 0.15) is 23.7 Å². The first kappa shape index (κ1) is 12.2. The summed E-state index contributed by atoms with van der Waals surface area (Å²) in [5.41, 5.74) is 1.80. The number of nitrogens with one attached hydrogen (secondary N) is 1. The predicted octanol–water partition coefficient (Wildman–Crippen LogP) is 3.08. The molecule has 4 heteroatoms. The molecule has 0 aliphatic heterocycles. The maximum absolute atomic E-state index is 12.0. The average molecular weight is 295 g/mol. The molecule has 2 rings (SSSR count). The second-order valence-electron chi connectivity index (χ2n) is 4.07. The van der Waals surface area contributed by atoms with Crippen molar-refractivity contribution in [3.63, 3.8) is 0 Å². The van der Waals surface area contributed by atoms with Gasteiger partial charge in [0.05, 0.1) is 5.56 Å². The molecule has 0 saturated heterocycles. The van der Waals surface area contributed by atoms with Gasteiger partial charge in [0.1, 0.15) is 0 Å². The largest absolute Gasteiger partial charge is 0.352 e. The summed E-state index contributed by atoms with van der Waals surface area (Å²) in [4.78, 5) is 12.0. The lowest BCUT2D eigenvalue weighted by Gasteiger charge is -2.01. The summed E-state index contributed by atoms with van der Waals surface area (Å²) in [7, 11) is 1.95. The number of amides is 1. The van der Waals surface area contributed by atoms with Crippen molar-refractivity contribution in [2.24, 2.45) is 7.05 Å². The number of rotatable bonds is 3. The lowest BCUT2D eigenvalue weighted by atomic mass is 10.1. The first-order valence-corrected chi connectivity index (χ1v) is 6.45. The predicted molar refractivity (Wildman–Crippen MR) is 73.2 cm³/mol. The van der Waals surface area contributed by atoms with Crippen molar-refractivity contribution in [2.75, 3.05) is 6.54 Å². The van der Waals surface area contributed by atoms with Crippen molar-refractivity contribution >= 4 is 32.7 Å². The molecular formula is C13H15BrN2O. The van der Waals surface area contributed by atoms with E-state index in [9.17, 15) is 4.79 Å². The van der Waals surface area contributed by atoms with Crippen LogP contribution >= 0.6 is 15.9 Å². The van der Waals surface area contributed by atoms with Crippen molar-refractivity contribution in [3.05, 3.63) is 34.4 Å². The minimum atomic E-state index is -0.000211. The summed E-state index contributed by atoms with van der Waals surface area (Å²) in [6, 6.07) is 5.95. The van der Waals surface area contributed by atoms with E-state index < -0.39 is 0 Å². The van der Waals surface area contributed by atoms with Crippen molar-refractivity contribution < 1.29 is 4.79 Å². The van der Waals surface area contributed by atoms with Gasteiger partial charge in [-0.1, -0.05) is 28.9 Å². The van der Waals surface area contributed by atoms with Crippen molar-refractivity contribution in [2.45, 2.75) is 13.3 Å². The van der Waals surface area contributed by atoms with E-state index in [0.29, 0.717) is 6.54 Å². The van der Waals surface area contributed by atoms with Gasteiger partial charge in [0.25, 0.3) is 5.91 Å². The zero-order valence-corrected chi connectivity index (χ0v) is 11.5. The second-order valence-corrected chi connectivity index (χ2v) is 4.99. The third-order valence-corrected chi connectivity index (χ3v) is 3.23. The van der Waals surface area contributed by atoms with Gasteiger partial charge in [0.15, 0.2) is 0 Å². The van der Waals surface area contributed by atoms with E-state index in [1.165, 1.54) is 0 Å². The Balaban J connectivity index is 2.45. The zero-order valence-electron chi connectivity index (χ0n) is 9.96. The van der Waals surface area contributed by atoms with Crippen LogP contribution in [0.15, 0.2) is 28.9 Å². The molecule has 1 heterocycles. The number of hydrogen-bond donors (Lipinski definition) is 1. The smallest absolute Gasteiger partial charge is 0.253 e. The van der Waals surface area contributed by atoms with E-state index in [1.807, 2.05) is 42.9 Å². The second kappa shape index (κ2) is 4.92. The standard InChI is InChI=1S/C13H15BrN2O/c1-3-6-15-13(17)11-8-16(2)12-7-9(14)4-5-10(11)12/h4-5,7-8H,3,6H2,1-2H3,(H,15,17). The fourth-order valence-corrected chi connectivity index (χ4v) is 2.22. The van der Waals surface area contributed by atoms with Gasteiger partial charge in [-0.25, -0.2) is 0 Å². The van der Waals surface area contributed by atoms with E-state index in [-0.39, 0.29) is 5.91 Å². The van der Waals surface area contributed by atoms with Crippen molar-refractivity contribution in [1.82, 2.24) is 9.88 Å². The van der Waals surface area contributed by atoms with Crippen LogP contribution in [-0.2, 0) is 7.05 Å². The minimum Gasteiger partial charge on any atom is -0.352 e.